The molecule has 0 radical (unpaired) electrons. The van der Waals surface area contributed by atoms with Crippen molar-refractivity contribution < 1.29 is 4.74 Å². The van der Waals surface area contributed by atoms with Gasteiger partial charge in [-0.25, -0.2) is 9.97 Å². The highest BCUT2D eigenvalue weighted by Gasteiger charge is 2.32. The SMILES string of the molecule is CNC1CCC(Nc2cc(-c3cccc(NCC4(C#N)CCOCC4)n3)c(Cl)cn2)CC1. The highest BCUT2D eigenvalue weighted by molar-refractivity contribution is 6.33. The molecule has 4 rings (SSSR count). The Hall–Kier alpha value is -2.40. The fourth-order valence-corrected chi connectivity index (χ4v) is 4.68. The lowest BCUT2D eigenvalue weighted by molar-refractivity contribution is 0.0455. The second-order valence-corrected chi connectivity index (χ2v) is 9.20. The number of pyridine rings is 2. The normalized spacial score (nSPS) is 22.7. The zero-order valence-electron chi connectivity index (χ0n) is 18.5. The highest BCUT2D eigenvalue weighted by atomic mass is 35.5. The number of ether oxygens (including phenoxy) is 1. The maximum Gasteiger partial charge on any atom is 0.126 e. The third-order valence-electron chi connectivity index (χ3n) is 6.66. The summed E-state index contributed by atoms with van der Waals surface area (Å²) in [5.41, 5.74) is 1.22. The van der Waals surface area contributed by atoms with Crippen molar-refractivity contribution in [1.29, 1.82) is 5.26 Å². The minimum Gasteiger partial charge on any atom is -0.381 e. The van der Waals surface area contributed by atoms with E-state index in [0.717, 1.165) is 48.6 Å². The maximum atomic E-state index is 9.68. The van der Waals surface area contributed by atoms with E-state index in [1.165, 1.54) is 12.8 Å². The standard InChI is InChI=1S/C24H31ClN6O/c1-27-17-5-7-18(8-6-17)30-23-13-19(20(25)14-28-23)21-3-2-4-22(31-21)29-16-24(15-26)9-11-32-12-10-24/h2-4,13-14,17-18,27H,5-12,16H2,1H3,(H,28,30)(H,29,31). The van der Waals surface area contributed by atoms with E-state index < -0.39 is 5.41 Å². The molecule has 2 fully saturated rings. The molecule has 2 aliphatic rings. The number of nitrogens with one attached hydrogen (secondary N) is 3. The molecule has 2 aromatic heterocycles. The minimum absolute atomic E-state index is 0.409. The van der Waals surface area contributed by atoms with Gasteiger partial charge in [-0.3, -0.25) is 0 Å². The number of hydrogen-bond donors (Lipinski definition) is 3. The number of aromatic nitrogens is 2. The Labute approximate surface area is 194 Å². The number of nitriles is 1. The van der Waals surface area contributed by atoms with Gasteiger partial charge in [0.05, 0.1) is 22.2 Å². The molecule has 170 valence electrons. The van der Waals surface area contributed by atoms with Crippen molar-refractivity contribution in [1.82, 2.24) is 15.3 Å². The third-order valence-corrected chi connectivity index (χ3v) is 6.96. The van der Waals surface area contributed by atoms with Crippen LogP contribution in [0.3, 0.4) is 0 Å². The first-order valence-electron chi connectivity index (χ1n) is 11.4. The molecule has 3 N–H and O–H groups in total. The lowest BCUT2D eigenvalue weighted by atomic mass is 9.82. The highest BCUT2D eigenvalue weighted by Crippen LogP contribution is 2.32. The molecule has 8 heteroatoms. The van der Waals surface area contributed by atoms with Crippen LogP contribution in [0.15, 0.2) is 30.5 Å². The predicted octanol–water partition coefficient (Wildman–Crippen LogP) is 4.47. The van der Waals surface area contributed by atoms with Gasteiger partial charge in [-0.2, -0.15) is 5.26 Å². The van der Waals surface area contributed by atoms with Crippen molar-refractivity contribution >= 4 is 23.2 Å². The summed E-state index contributed by atoms with van der Waals surface area (Å²) < 4.78 is 5.42. The number of nitrogens with zero attached hydrogens (tertiary/aromatic N) is 3. The van der Waals surface area contributed by atoms with E-state index in [1.807, 2.05) is 31.3 Å². The van der Waals surface area contributed by atoms with Crippen LogP contribution in [0.1, 0.15) is 38.5 Å². The first-order valence-corrected chi connectivity index (χ1v) is 11.8. The molecule has 1 saturated carbocycles. The molecule has 0 spiro atoms. The first kappa shape index (κ1) is 22.8. The topological polar surface area (TPSA) is 94.9 Å². The van der Waals surface area contributed by atoms with Gasteiger partial charge in [-0.1, -0.05) is 17.7 Å². The average molecular weight is 455 g/mol. The first-order chi connectivity index (χ1) is 15.6. The van der Waals surface area contributed by atoms with Gasteiger partial charge in [0.25, 0.3) is 0 Å². The zero-order valence-corrected chi connectivity index (χ0v) is 19.3. The minimum atomic E-state index is -0.409. The van der Waals surface area contributed by atoms with E-state index in [-0.39, 0.29) is 0 Å². The van der Waals surface area contributed by atoms with Crippen LogP contribution in [0.4, 0.5) is 11.6 Å². The van der Waals surface area contributed by atoms with Crippen LogP contribution in [-0.4, -0.2) is 48.9 Å². The van der Waals surface area contributed by atoms with Crippen LogP contribution in [0.2, 0.25) is 5.02 Å². The molecule has 0 atom stereocenters. The number of hydrogen-bond acceptors (Lipinski definition) is 7. The van der Waals surface area contributed by atoms with Crippen LogP contribution in [-0.2, 0) is 4.74 Å². The Kier molecular flexibility index (Phi) is 7.46. The van der Waals surface area contributed by atoms with Gasteiger partial charge in [0.15, 0.2) is 0 Å². The fourth-order valence-electron chi connectivity index (χ4n) is 4.48. The number of anilines is 2. The van der Waals surface area contributed by atoms with Crippen molar-refractivity contribution in [2.45, 2.75) is 50.6 Å². The zero-order chi connectivity index (χ0) is 22.4. The van der Waals surface area contributed by atoms with Crippen LogP contribution in [0.25, 0.3) is 11.3 Å². The predicted molar refractivity (Wildman–Crippen MR) is 128 cm³/mol. The third kappa shape index (κ3) is 5.50. The molecule has 0 bridgehead atoms. The van der Waals surface area contributed by atoms with Crippen molar-refractivity contribution in [3.63, 3.8) is 0 Å². The summed E-state index contributed by atoms with van der Waals surface area (Å²) in [7, 11) is 2.03. The maximum absolute atomic E-state index is 9.68. The summed E-state index contributed by atoms with van der Waals surface area (Å²) in [6.07, 6.45) is 7.73. The number of rotatable bonds is 7. The molecule has 3 heterocycles. The van der Waals surface area contributed by atoms with E-state index in [1.54, 1.807) is 6.20 Å². The Morgan fingerprint density at radius 3 is 2.62 bits per heavy atom. The van der Waals surface area contributed by atoms with Crippen LogP contribution >= 0.6 is 11.6 Å². The molecule has 32 heavy (non-hydrogen) atoms. The molecule has 0 aromatic carbocycles. The molecular formula is C24H31ClN6O. The summed E-state index contributed by atoms with van der Waals surface area (Å²) in [6, 6.07) is 11.3. The van der Waals surface area contributed by atoms with Crippen LogP contribution < -0.4 is 16.0 Å². The quantitative estimate of drug-likeness (QED) is 0.568. The van der Waals surface area contributed by atoms with E-state index in [0.29, 0.717) is 36.9 Å². The fraction of sp³-hybridized carbons (Fsp3) is 0.542. The molecule has 1 aliphatic carbocycles. The van der Waals surface area contributed by atoms with E-state index >= 15 is 0 Å². The molecular weight excluding hydrogens is 424 g/mol. The molecule has 0 unspecified atom stereocenters. The van der Waals surface area contributed by atoms with Gasteiger partial charge in [-0.05, 0) is 63.8 Å². The average Bonchev–Trinajstić information content (AvgIpc) is 2.85. The molecule has 7 nitrogen and oxygen atoms in total. The van der Waals surface area contributed by atoms with Crippen molar-refractivity contribution in [3.8, 4) is 17.3 Å². The van der Waals surface area contributed by atoms with Gasteiger partial charge >= 0.3 is 0 Å². The number of halogens is 1. The van der Waals surface area contributed by atoms with Gasteiger partial charge in [0.1, 0.15) is 11.6 Å². The largest absolute Gasteiger partial charge is 0.381 e. The second kappa shape index (κ2) is 10.5. The van der Waals surface area contributed by atoms with Gasteiger partial charge in [-0.15, -0.1) is 0 Å². The Balaban J connectivity index is 1.45. The Morgan fingerprint density at radius 2 is 1.91 bits per heavy atom. The van der Waals surface area contributed by atoms with Crippen LogP contribution in [0.5, 0.6) is 0 Å². The van der Waals surface area contributed by atoms with Gasteiger partial charge in [0.2, 0.25) is 0 Å². The molecule has 2 aromatic rings. The van der Waals surface area contributed by atoms with Gasteiger partial charge in [0, 0.05) is 43.6 Å². The second-order valence-electron chi connectivity index (χ2n) is 8.80. The van der Waals surface area contributed by atoms with Crippen molar-refractivity contribution in [2.75, 3.05) is 37.4 Å². The lowest BCUT2D eigenvalue weighted by Crippen LogP contribution is -2.35. The van der Waals surface area contributed by atoms with Crippen molar-refractivity contribution in [3.05, 3.63) is 35.5 Å². The molecule has 1 saturated heterocycles. The summed E-state index contributed by atoms with van der Waals surface area (Å²) in [5.74, 6) is 1.56. The monoisotopic (exact) mass is 454 g/mol. The van der Waals surface area contributed by atoms with E-state index in [2.05, 4.69) is 27.0 Å². The van der Waals surface area contributed by atoms with E-state index in [9.17, 15) is 5.26 Å². The van der Waals surface area contributed by atoms with Gasteiger partial charge < -0.3 is 20.7 Å². The van der Waals surface area contributed by atoms with E-state index in [4.69, 9.17) is 21.3 Å². The Bertz CT molecular complexity index is 948. The molecule has 1 aliphatic heterocycles. The summed E-state index contributed by atoms with van der Waals surface area (Å²) in [6.45, 7) is 1.80. The lowest BCUT2D eigenvalue weighted by Gasteiger charge is -2.30. The molecule has 0 amide bonds. The van der Waals surface area contributed by atoms with Crippen LogP contribution in [0, 0.1) is 16.7 Å². The van der Waals surface area contributed by atoms with Crippen molar-refractivity contribution in [2.24, 2.45) is 5.41 Å². The Morgan fingerprint density at radius 1 is 1.16 bits per heavy atom. The smallest absolute Gasteiger partial charge is 0.126 e. The summed E-state index contributed by atoms with van der Waals surface area (Å²) in [4.78, 5) is 9.25. The summed E-state index contributed by atoms with van der Waals surface area (Å²) in [5, 5.41) is 20.5. The summed E-state index contributed by atoms with van der Waals surface area (Å²) >= 11 is 6.49.